The van der Waals surface area contributed by atoms with E-state index in [2.05, 4.69) is 15.0 Å². The quantitative estimate of drug-likeness (QED) is 0.427. The molecule has 0 bridgehead atoms. The van der Waals surface area contributed by atoms with Gasteiger partial charge in [-0.2, -0.15) is 0 Å². The van der Waals surface area contributed by atoms with E-state index in [9.17, 15) is 27.2 Å². The normalized spacial score (nSPS) is 11.8. The molecule has 4 aromatic rings. The van der Waals surface area contributed by atoms with E-state index in [1.807, 2.05) is 5.38 Å². The van der Waals surface area contributed by atoms with Crippen LogP contribution in [0.4, 0.5) is 22.7 Å². The number of carbonyl (C=O) groups is 1. The maximum Gasteiger partial charge on any atom is 0.573 e. The van der Waals surface area contributed by atoms with Gasteiger partial charge in [-0.3, -0.25) is 19.0 Å². The molecule has 32 heavy (non-hydrogen) atoms. The van der Waals surface area contributed by atoms with Gasteiger partial charge in [-0.25, -0.2) is 9.37 Å². The van der Waals surface area contributed by atoms with Crippen molar-refractivity contribution in [2.75, 3.05) is 5.32 Å². The van der Waals surface area contributed by atoms with Crippen molar-refractivity contribution >= 4 is 44.6 Å². The number of thiazole rings is 1. The fourth-order valence-corrected chi connectivity index (χ4v) is 4.87. The second-order valence-electron chi connectivity index (χ2n) is 6.73. The number of rotatable bonds is 5. The lowest BCUT2D eigenvalue weighted by molar-refractivity contribution is -0.275. The van der Waals surface area contributed by atoms with Crippen LogP contribution in [0.25, 0.3) is 22.2 Å². The molecule has 1 N–H and O–H groups in total. The summed E-state index contributed by atoms with van der Waals surface area (Å²) >= 11 is 2.38. The van der Waals surface area contributed by atoms with Crippen molar-refractivity contribution in [3.63, 3.8) is 0 Å². The number of nitrogens with one attached hydrogen (secondary N) is 1. The summed E-state index contributed by atoms with van der Waals surface area (Å²) in [7, 11) is 3.39. The second kappa shape index (κ2) is 8.06. The topological polar surface area (TPSA) is 78.2 Å². The molecule has 0 saturated carbocycles. The van der Waals surface area contributed by atoms with Gasteiger partial charge >= 0.3 is 6.36 Å². The molecule has 13 heteroatoms. The summed E-state index contributed by atoms with van der Waals surface area (Å²) in [6.07, 6.45) is -5.03. The number of hydrogen-bond donors (Lipinski definition) is 1. The van der Waals surface area contributed by atoms with Gasteiger partial charge in [-0.05, 0) is 18.2 Å². The first-order valence-corrected chi connectivity index (χ1v) is 10.7. The van der Waals surface area contributed by atoms with Gasteiger partial charge in [0.15, 0.2) is 16.7 Å². The average Bonchev–Trinajstić information content (AvgIpc) is 3.38. The SMILES string of the molecule is Cn1c(=O)c2c(CC(=O)Nc3nc(-c4ccc(OC(F)(F)F)c(F)c4)cs3)scc2n1C. The number of hydrogen-bond acceptors (Lipinski definition) is 6. The molecule has 0 aliphatic carbocycles. The van der Waals surface area contributed by atoms with E-state index in [0.29, 0.717) is 10.3 Å². The largest absolute Gasteiger partial charge is 0.573 e. The van der Waals surface area contributed by atoms with Gasteiger partial charge in [0.2, 0.25) is 5.91 Å². The number of benzene rings is 1. The molecule has 0 unspecified atom stereocenters. The third kappa shape index (κ3) is 4.25. The molecule has 1 aromatic carbocycles. The van der Waals surface area contributed by atoms with Crippen molar-refractivity contribution in [1.29, 1.82) is 0 Å². The van der Waals surface area contributed by atoms with Crippen LogP contribution in [0.1, 0.15) is 4.88 Å². The van der Waals surface area contributed by atoms with Gasteiger partial charge in [-0.15, -0.1) is 35.8 Å². The van der Waals surface area contributed by atoms with Gasteiger partial charge in [0, 0.05) is 35.3 Å². The van der Waals surface area contributed by atoms with Crippen LogP contribution in [0, 0.1) is 5.82 Å². The van der Waals surface area contributed by atoms with Crippen molar-refractivity contribution in [2.45, 2.75) is 12.8 Å². The summed E-state index contributed by atoms with van der Waals surface area (Å²) < 4.78 is 57.5. The molecule has 0 spiro atoms. The Balaban J connectivity index is 1.48. The van der Waals surface area contributed by atoms with Crippen molar-refractivity contribution in [3.8, 4) is 17.0 Å². The molecule has 3 aromatic heterocycles. The minimum atomic E-state index is -5.00. The first kappa shape index (κ1) is 22.0. The van der Waals surface area contributed by atoms with E-state index in [1.54, 1.807) is 18.8 Å². The molecule has 3 heterocycles. The molecule has 4 rings (SSSR count). The molecular formula is C19H14F4N4O3S2. The highest BCUT2D eigenvalue weighted by Gasteiger charge is 2.32. The molecule has 0 saturated heterocycles. The lowest BCUT2D eigenvalue weighted by Gasteiger charge is -2.10. The lowest BCUT2D eigenvalue weighted by Crippen LogP contribution is -2.18. The Morgan fingerprint density at radius 1 is 1.19 bits per heavy atom. The third-order valence-electron chi connectivity index (χ3n) is 4.68. The van der Waals surface area contributed by atoms with Gasteiger partial charge in [-0.1, -0.05) is 0 Å². The van der Waals surface area contributed by atoms with E-state index in [0.717, 1.165) is 29.0 Å². The van der Waals surface area contributed by atoms with Crippen molar-refractivity contribution in [1.82, 2.24) is 14.3 Å². The van der Waals surface area contributed by atoms with Crippen LogP contribution < -0.4 is 15.6 Å². The maximum atomic E-state index is 13.9. The van der Waals surface area contributed by atoms with E-state index >= 15 is 0 Å². The molecule has 7 nitrogen and oxygen atoms in total. The number of alkyl halides is 3. The Kier molecular flexibility index (Phi) is 5.54. The van der Waals surface area contributed by atoms with Crippen LogP contribution in [0.15, 0.2) is 33.8 Å². The number of thiophene rings is 1. The summed E-state index contributed by atoms with van der Waals surface area (Å²) in [6, 6.07) is 2.96. The molecule has 0 aliphatic rings. The minimum Gasteiger partial charge on any atom is -0.403 e. The summed E-state index contributed by atoms with van der Waals surface area (Å²) in [5.74, 6) is -2.52. The van der Waals surface area contributed by atoms with E-state index in [1.165, 1.54) is 27.5 Å². The Labute approximate surface area is 185 Å². The highest BCUT2D eigenvalue weighted by Crippen LogP contribution is 2.31. The maximum absolute atomic E-state index is 13.9. The number of halogens is 4. The van der Waals surface area contributed by atoms with Gasteiger partial charge in [0.25, 0.3) is 5.56 Å². The van der Waals surface area contributed by atoms with E-state index < -0.39 is 17.9 Å². The Bertz CT molecular complexity index is 1380. The number of carbonyl (C=O) groups excluding carboxylic acids is 1. The first-order chi connectivity index (χ1) is 15.0. The van der Waals surface area contributed by atoms with Gasteiger partial charge in [0.1, 0.15) is 0 Å². The number of anilines is 1. The zero-order valence-electron chi connectivity index (χ0n) is 16.5. The summed E-state index contributed by atoms with van der Waals surface area (Å²) in [5, 5.41) is 6.69. The van der Waals surface area contributed by atoms with Crippen LogP contribution in [0.2, 0.25) is 0 Å². The van der Waals surface area contributed by atoms with Crippen LogP contribution in [0.3, 0.4) is 0 Å². The molecule has 0 atom stereocenters. The zero-order chi connectivity index (χ0) is 23.2. The van der Waals surface area contributed by atoms with Crippen molar-refractivity contribution in [3.05, 3.63) is 50.0 Å². The predicted molar refractivity (Wildman–Crippen MR) is 113 cm³/mol. The standard InChI is InChI=1S/C19H14F4N4O3S2/c1-26-12-8-31-14(16(12)17(29)27(26)2)6-15(28)25-18-24-11(7-32-18)9-3-4-13(10(20)5-9)30-19(21,22)23/h3-5,7-8H,6H2,1-2H3,(H,24,25,28). The number of amides is 1. The monoisotopic (exact) mass is 486 g/mol. The Morgan fingerprint density at radius 3 is 2.62 bits per heavy atom. The highest BCUT2D eigenvalue weighted by atomic mass is 32.1. The fourth-order valence-electron chi connectivity index (χ4n) is 3.08. The van der Waals surface area contributed by atoms with Crippen LogP contribution in [0.5, 0.6) is 5.75 Å². The van der Waals surface area contributed by atoms with Crippen molar-refractivity contribution in [2.24, 2.45) is 14.1 Å². The molecule has 0 fully saturated rings. The zero-order valence-corrected chi connectivity index (χ0v) is 18.1. The minimum absolute atomic E-state index is 0.0273. The van der Waals surface area contributed by atoms with Crippen LogP contribution >= 0.6 is 22.7 Å². The number of ether oxygens (including phenoxy) is 1. The second-order valence-corrected chi connectivity index (χ2v) is 8.55. The number of aryl methyl sites for hydroxylation is 1. The first-order valence-electron chi connectivity index (χ1n) is 8.96. The molecular weight excluding hydrogens is 472 g/mol. The summed E-state index contributed by atoms with van der Waals surface area (Å²) in [4.78, 5) is 29.6. The Hall–Kier alpha value is -3.19. The van der Waals surface area contributed by atoms with Crippen LogP contribution in [-0.4, -0.2) is 26.6 Å². The van der Waals surface area contributed by atoms with Gasteiger partial charge < -0.3 is 10.1 Å². The molecule has 1 amide bonds. The number of aromatic nitrogens is 3. The highest BCUT2D eigenvalue weighted by molar-refractivity contribution is 7.14. The average molecular weight is 486 g/mol. The Morgan fingerprint density at radius 2 is 1.94 bits per heavy atom. The predicted octanol–water partition coefficient (Wildman–Crippen LogP) is 4.28. The molecule has 0 aliphatic heterocycles. The molecule has 0 radical (unpaired) electrons. The smallest absolute Gasteiger partial charge is 0.403 e. The van der Waals surface area contributed by atoms with Crippen molar-refractivity contribution < 1.29 is 27.1 Å². The van der Waals surface area contributed by atoms with Crippen LogP contribution in [-0.2, 0) is 25.3 Å². The number of fused-ring (bicyclic) bond motifs is 1. The van der Waals surface area contributed by atoms with E-state index in [-0.39, 0.29) is 34.3 Å². The fraction of sp³-hybridized carbons (Fsp3) is 0.211. The lowest BCUT2D eigenvalue weighted by atomic mass is 10.1. The third-order valence-corrected chi connectivity index (χ3v) is 6.41. The van der Waals surface area contributed by atoms with E-state index in [4.69, 9.17) is 0 Å². The van der Waals surface area contributed by atoms with Gasteiger partial charge in [0.05, 0.1) is 23.0 Å². The number of nitrogens with zero attached hydrogens (tertiary/aromatic N) is 3. The summed E-state index contributed by atoms with van der Waals surface area (Å²) in [5.41, 5.74) is 1.05. The molecule has 168 valence electrons. The summed E-state index contributed by atoms with van der Waals surface area (Å²) in [6.45, 7) is 0.